The molecule has 0 bridgehead atoms. The van der Waals surface area contributed by atoms with E-state index in [4.69, 9.17) is 15.1 Å². The highest BCUT2D eigenvalue weighted by Crippen LogP contribution is 2.55. The van der Waals surface area contributed by atoms with Crippen LogP contribution in [-0.4, -0.2) is 203 Å². The van der Waals surface area contributed by atoms with Crippen LogP contribution in [-0.2, 0) is 26.2 Å². The van der Waals surface area contributed by atoms with E-state index in [1.165, 1.54) is 22.7 Å². The lowest BCUT2D eigenvalue weighted by molar-refractivity contribution is -0.136. The summed E-state index contributed by atoms with van der Waals surface area (Å²) in [6, 6.07) is 28.2. The third-order valence-corrected chi connectivity index (χ3v) is 28.7. The van der Waals surface area contributed by atoms with Gasteiger partial charge in [-0.1, -0.05) is 0 Å². The number of fused-ring (bicyclic) bond motifs is 12. The zero-order chi connectivity index (χ0) is 75.4. The number of amides is 6. The molecule has 1 aliphatic carbocycles. The van der Waals surface area contributed by atoms with E-state index in [1.54, 1.807) is 21.1 Å². The number of likely N-dealkylation sites (tertiary alicyclic amines) is 1. The van der Waals surface area contributed by atoms with Gasteiger partial charge in [-0.25, -0.2) is 14.8 Å². The molecule has 574 valence electrons. The van der Waals surface area contributed by atoms with E-state index in [-0.39, 0.29) is 77.9 Å². The van der Waals surface area contributed by atoms with Gasteiger partial charge >= 0.3 is 5.69 Å². The second-order valence-corrected chi connectivity index (χ2v) is 35.1. The van der Waals surface area contributed by atoms with E-state index in [1.807, 2.05) is 37.2 Å². The average Bonchev–Trinajstić information content (AvgIpc) is 1.70. The molecule has 7 unspecified atom stereocenters. The topological polar surface area (TPSA) is 288 Å². The number of aryl methyl sites for hydroxylation is 1. The number of anilines is 7. The maximum atomic E-state index is 14.0. The SMILES string of the molecule is C[C@@H]1CNc2c(sc3ccc4nc(-c5cnn(C6CCN(CC7CCN(c8ccc9c(c8)N(C)C(O)N9C8CCC(=O)NC8=O)CC7)CC6C6CC7(CCC6CN6CCN(c8ccc9c(ccc%10sc%11c(c%109)NCCNC%11=O)n8)CC6)CN(c6ccc8c(c6)n(C)c(=O)n8C6CCC(=O)NC6=O)C7)c5)ccc4c23)C(=O)N1. The maximum absolute atomic E-state index is 14.0. The molecule has 111 heavy (non-hydrogen) atoms. The minimum atomic E-state index is -1.04. The molecule has 7 fully saturated rings. The van der Waals surface area contributed by atoms with Gasteiger partial charge in [0, 0.05) is 191 Å². The van der Waals surface area contributed by atoms with Gasteiger partial charge in [-0.15, -0.1) is 22.7 Å². The lowest BCUT2D eigenvalue weighted by atomic mass is 9.57. The standard InChI is InChI=1S/C82H91N19O8S2/c1-45-37-85-73-71-51-6-8-55(88-56(51)9-15-66(71)111-75(73)79(107)87-45)48-38-86-99(41-48)58-23-27-95(39-46-21-28-96(29-22-46)49-4-11-59-63(34-49)92(2)80(108)100(59)61-13-18-68(102)90-76(61)104)42-54(58)53-36-82(43-98(44-82)50-5-12-60-64(35-50)93(3)81(109)101(60)62-14-19-69(103)91-77(62)105)24-20-47(53)40-94-30-32-97(33-31-94)67-17-7-52-57(89-67)10-16-65-70(52)72-74(110-65)78(106)84-26-25-83-72/h4-12,15-17,34-35,38,41,45-47,53-54,58,61-62,80,83,85,108H,13-14,18-33,36-37,39-40,42-44H2,1-3H3,(H,84,106)(H,87,107)(H,90,102,104)(H,91,103,105)/t45-,47?,53?,54?,58?,61?,62?,80?/m1/s1. The predicted octanol–water partition coefficient (Wildman–Crippen LogP) is 8.27. The largest absolute Gasteiger partial charge is 0.381 e. The van der Waals surface area contributed by atoms with Crippen LogP contribution < -0.4 is 62.1 Å². The Labute approximate surface area is 648 Å². The number of aliphatic hydroxyl groups is 1. The lowest BCUT2D eigenvalue weighted by Gasteiger charge is -2.59. The van der Waals surface area contributed by atoms with Crippen molar-refractivity contribution in [3.05, 3.63) is 118 Å². The van der Waals surface area contributed by atoms with Crippen LogP contribution in [0.4, 0.5) is 39.9 Å². The monoisotopic (exact) mass is 1530 g/mol. The number of carbonyl (C=O) groups is 6. The molecule has 6 aromatic heterocycles. The Morgan fingerprint density at radius 3 is 2.06 bits per heavy atom. The van der Waals surface area contributed by atoms with Crippen molar-refractivity contribution in [3.63, 3.8) is 0 Å². The van der Waals surface area contributed by atoms with E-state index in [9.17, 15) is 38.7 Å². The molecule has 20 rings (SSSR count). The summed E-state index contributed by atoms with van der Waals surface area (Å²) >= 11 is 3.04. The van der Waals surface area contributed by atoms with Gasteiger partial charge in [0.25, 0.3) is 11.8 Å². The van der Waals surface area contributed by atoms with E-state index in [2.05, 4.69) is 140 Å². The predicted molar refractivity (Wildman–Crippen MR) is 432 cm³/mol. The second-order valence-electron chi connectivity index (χ2n) is 33.0. The normalized spacial score (nSPS) is 25.5. The van der Waals surface area contributed by atoms with Gasteiger partial charge in [0.05, 0.1) is 62.7 Å². The van der Waals surface area contributed by atoms with Crippen LogP contribution >= 0.6 is 22.7 Å². The summed E-state index contributed by atoms with van der Waals surface area (Å²) in [5.74, 6) is 0.900. The smallest absolute Gasteiger partial charge is 0.329 e. The summed E-state index contributed by atoms with van der Waals surface area (Å²) in [5.41, 5.74) is 10.3. The minimum Gasteiger partial charge on any atom is -0.381 e. The Morgan fingerprint density at radius 2 is 1.31 bits per heavy atom. The fraction of sp³-hybridized carbons (Fsp3) is 0.463. The first kappa shape index (κ1) is 70.0. The van der Waals surface area contributed by atoms with E-state index >= 15 is 0 Å². The number of nitrogens with one attached hydrogen (secondary N) is 6. The Kier molecular flexibility index (Phi) is 17.2. The number of carbonyl (C=O) groups excluding carboxylic acids is 6. The van der Waals surface area contributed by atoms with Crippen LogP contribution in [0.2, 0.25) is 0 Å². The summed E-state index contributed by atoms with van der Waals surface area (Å²) in [7, 11) is 3.62. The molecule has 6 saturated heterocycles. The van der Waals surface area contributed by atoms with Gasteiger partial charge in [0.2, 0.25) is 30.0 Å². The van der Waals surface area contributed by atoms with E-state index < -0.39 is 24.3 Å². The number of rotatable bonds is 12. The van der Waals surface area contributed by atoms with Gasteiger partial charge in [-0.2, -0.15) is 5.10 Å². The molecular formula is C82H91N19O8S2. The van der Waals surface area contributed by atoms with E-state index in [0.29, 0.717) is 54.2 Å². The molecule has 7 N–H and O–H groups in total. The number of thiophene rings is 2. The van der Waals surface area contributed by atoms with Crippen LogP contribution in [0.15, 0.2) is 102 Å². The molecule has 8 atom stereocenters. The zero-order valence-corrected chi connectivity index (χ0v) is 64.2. The number of imidazole rings is 1. The highest BCUT2D eigenvalue weighted by Gasteiger charge is 2.53. The Bertz CT molecular complexity index is 5570. The summed E-state index contributed by atoms with van der Waals surface area (Å²) < 4.78 is 7.62. The molecule has 1 saturated carbocycles. The molecule has 6 amide bonds. The fourth-order valence-corrected chi connectivity index (χ4v) is 22.8. The number of piperidine rings is 4. The van der Waals surface area contributed by atoms with Crippen molar-refractivity contribution in [2.75, 3.05) is 140 Å². The summed E-state index contributed by atoms with van der Waals surface area (Å²) in [5, 5.41) is 39.3. The van der Waals surface area contributed by atoms with Gasteiger partial charge in [0.15, 0.2) is 0 Å². The summed E-state index contributed by atoms with van der Waals surface area (Å²) in [6.07, 6.45) is 10.5. The molecule has 0 radical (unpaired) electrons. The molecule has 10 aromatic rings. The molecule has 9 aliphatic heterocycles. The molecular weight excluding hydrogens is 1440 g/mol. The number of aromatic nitrogens is 6. The Hall–Kier alpha value is -10.2. The molecule has 10 aliphatic rings. The molecule has 29 heteroatoms. The molecule has 1 spiro atoms. The number of hydrogen-bond donors (Lipinski definition) is 7. The van der Waals surface area contributed by atoms with Crippen LogP contribution in [0.25, 0.3) is 64.3 Å². The van der Waals surface area contributed by atoms with Crippen molar-refractivity contribution in [1.29, 1.82) is 0 Å². The third kappa shape index (κ3) is 12.1. The number of piperazine rings is 1. The van der Waals surface area contributed by atoms with Gasteiger partial charge in [0.1, 0.15) is 27.7 Å². The van der Waals surface area contributed by atoms with Crippen LogP contribution in [0, 0.1) is 29.1 Å². The van der Waals surface area contributed by atoms with Crippen LogP contribution in [0.5, 0.6) is 0 Å². The third-order valence-electron chi connectivity index (χ3n) is 26.4. The highest BCUT2D eigenvalue weighted by atomic mass is 32.1. The van der Waals surface area contributed by atoms with Gasteiger partial charge in [-0.3, -0.25) is 58.1 Å². The number of aliphatic hydroxyl groups excluding tert-OH is 1. The van der Waals surface area contributed by atoms with Crippen LogP contribution in [0.1, 0.15) is 103 Å². The fourth-order valence-electron chi connectivity index (χ4n) is 20.6. The van der Waals surface area contributed by atoms with E-state index in [0.717, 1.165) is 221 Å². The summed E-state index contributed by atoms with van der Waals surface area (Å²) in [4.78, 5) is 120. The average molecular weight is 1530 g/mol. The Balaban J connectivity index is 0.600. The quantitative estimate of drug-likeness (QED) is 0.0566. The lowest BCUT2D eigenvalue weighted by Crippen LogP contribution is -2.61. The van der Waals surface area contributed by atoms with Crippen molar-refractivity contribution in [2.24, 2.45) is 36.1 Å². The van der Waals surface area contributed by atoms with Crippen molar-refractivity contribution in [3.8, 4) is 11.3 Å². The van der Waals surface area contributed by atoms with Crippen molar-refractivity contribution < 1.29 is 33.9 Å². The van der Waals surface area contributed by atoms with Crippen molar-refractivity contribution in [2.45, 2.75) is 102 Å². The van der Waals surface area contributed by atoms with Crippen LogP contribution in [0.3, 0.4) is 0 Å². The number of imide groups is 2. The Morgan fingerprint density at radius 1 is 0.613 bits per heavy atom. The number of pyridine rings is 2. The molecule has 4 aromatic carbocycles. The zero-order valence-electron chi connectivity index (χ0n) is 62.5. The van der Waals surface area contributed by atoms with Gasteiger partial charge < -0.3 is 55.8 Å². The summed E-state index contributed by atoms with van der Waals surface area (Å²) in [6.45, 7) is 14.8. The number of benzene rings is 4. The van der Waals surface area contributed by atoms with Gasteiger partial charge in [-0.05, 0) is 167 Å². The maximum Gasteiger partial charge on any atom is 0.329 e. The minimum absolute atomic E-state index is 0.00477. The molecule has 27 nitrogen and oxygen atoms in total. The first-order valence-corrected chi connectivity index (χ1v) is 41.3. The van der Waals surface area contributed by atoms with Crippen molar-refractivity contribution in [1.82, 2.24) is 59.9 Å². The number of nitrogens with zero attached hydrogens (tertiary/aromatic N) is 13. The first-order chi connectivity index (χ1) is 53.9. The second kappa shape index (κ2) is 27.3. The van der Waals surface area contributed by atoms with Crippen molar-refractivity contribution >= 4 is 151 Å². The first-order valence-electron chi connectivity index (χ1n) is 39.7. The highest BCUT2D eigenvalue weighted by molar-refractivity contribution is 7.22. The molecule has 15 heterocycles. The number of hydrogen-bond acceptors (Lipinski definition) is 22.